The van der Waals surface area contributed by atoms with E-state index in [2.05, 4.69) is 34.6 Å². The number of ether oxygens (including phenoxy) is 3. The topological polar surface area (TPSA) is 78.9 Å². The van der Waals surface area contributed by atoms with Crippen LogP contribution in [0.4, 0.5) is 0 Å². The number of hydrogen-bond donors (Lipinski definition) is 0. The summed E-state index contributed by atoms with van der Waals surface area (Å²) in [5, 5.41) is 0. The molecule has 0 radical (unpaired) electrons. The summed E-state index contributed by atoms with van der Waals surface area (Å²) in [6.07, 6.45) is 53.8. The highest BCUT2D eigenvalue weighted by Crippen LogP contribution is 2.18. The molecule has 0 fully saturated rings. The second-order valence-corrected chi connectivity index (χ2v) is 20.9. The average molecular weight is 906 g/mol. The first-order valence-electron chi connectivity index (χ1n) is 28.7. The Labute approximate surface area is 399 Å². The Kier molecular flexibility index (Phi) is 49.6. The molecule has 0 amide bonds. The molecule has 0 aromatic rings. The maximum Gasteiger partial charge on any atom is 0.306 e. The molecule has 0 spiro atoms. The summed E-state index contributed by atoms with van der Waals surface area (Å²) >= 11 is 0. The van der Waals surface area contributed by atoms with Crippen LogP contribution in [0.2, 0.25) is 0 Å². The minimum Gasteiger partial charge on any atom is -0.462 e. The van der Waals surface area contributed by atoms with Crippen molar-refractivity contribution in [2.24, 2.45) is 11.8 Å². The van der Waals surface area contributed by atoms with E-state index in [4.69, 9.17) is 14.2 Å². The van der Waals surface area contributed by atoms with Gasteiger partial charge in [-0.25, -0.2) is 0 Å². The van der Waals surface area contributed by atoms with Gasteiger partial charge in [0.1, 0.15) is 13.2 Å². The van der Waals surface area contributed by atoms with Crippen molar-refractivity contribution in [2.75, 3.05) is 13.2 Å². The molecule has 0 unspecified atom stereocenters. The van der Waals surface area contributed by atoms with E-state index in [1.54, 1.807) is 0 Å². The lowest BCUT2D eigenvalue weighted by Gasteiger charge is -2.18. The van der Waals surface area contributed by atoms with Crippen LogP contribution < -0.4 is 0 Å². The summed E-state index contributed by atoms with van der Waals surface area (Å²) in [7, 11) is 0. The number of carbonyl (C=O) groups is 3. The Morgan fingerprint density at radius 3 is 0.766 bits per heavy atom. The molecule has 0 rings (SSSR count). The highest BCUT2D eigenvalue weighted by Gasteiger charge is 2.19. The largest absolute Gasteiger partial charge is 0.462 e. The summed E-state index contributed by atoms with van der Waals surface area (Å²) < 4.78 is 16.9. The van der Waals surface area contributed by atoms with Crippen molar-refractivity contribution in [3.8, 4) is 0 Å². The number of carbonyl (C=O) groups excluding carboxylic acids is 3. The average Bonchev–Trinajstić information content (AvgIpc) is 3.27. The summed E-state index contributed by atoms with van der Waals surface area (Å²) in [5.74, 6) is 0.831. The van der Waals surface area contributed by atoms with Crippen LogP contribution in [-0.4, -0.2) is 37.2 Å². The van der Waals surface area contributed by atoms with Crippen molar-refractivity contribution in [1.82, 2.24) is 0 Å². The molecule has 1 atom stereocenters. The van der Waals surface area contributed by atoms with E-state index in [9.17, 15) is 14.4 Å². The van der Waals surface area contributed by atoms with Crippen LogP contribution in [0.3, 0.4) is 0 Å². The lowest BCUT2D eigenvalue weighted by atomic mass is 10.0. The minimum absolute atomic E-state index is 0.0627. The predicted molar refractivity (Wildman–Crippen MR) is 275 cm³/mol. The maximum atomic E-state index is 12.8. The Morgan fingerprint density at radius 1 is 0.297 bits per heavy atom. The first-order chi connectivity index (χ1) is 31.2. The number of esters is 3. The van der Waals surface area contributed by atoms with Crippen molar-refractivity contribution >= 4 is 17.9 Å². The van der Waals surface area contributed by atoms with Gasteiger partial charge in [0.2, 0.25) is 0 Å². The first-order valence-corrected chi connectivity index (χ1v) is 28.7. The van der Waals surface area contributed by atoms with Gasteiger partial charge in [0.15, 0.2) is 6.10 Å². The second kappa shape index (κ2) is 50.8. The summed E-state index contributed by atoms with van der Waals surface area (Å²) in [4.78, 5) is 38.1. The summed E-state index contributed by atoms with van der Waals surface area (Å²) in [5.41, 5.74) is 0. The molecule has 0 bridgehead atoms. The van der Waals surface area contributed by atoms with Crippen LogP contribution in [0.1, 0.15) is 324 Å². The van der Waals surface area contributed by atoms with E-state index in [1.165, 1.54) is 212 Å². The minimum atomic E-state index is -0.762. The lowest BCUT2D eigenvalue weighted by Crippen LogP contribution is -2.30. The van der Waals surface area contributed by atoms with Crippen LogP contribution in [0.15, 0.2) is 0 Å². The third-order valence-corrected chi connectivity index (χ3v) is 13.2. The quantitative estimate of drug-likeness (QED) is 0.0344. The van der Waals surface area contributed by atoms with Crippen LogP contribution >= 0.6 is 0 Å². The summed E-state index contributed by atoms with van der Waals surface area (Å²) in [6, 6.07) is 0. The van der Waals surface area contributed by atoms with Crippen LogP contribution in [0.5, 0.6) is 0 Å². The van der Waals surface area contributed by atoms with Gasteiger partial charge < -0.3 is 14.2 Å². The van der Waals surface area contributed by atoms with Gasteiger partial charge in [-0.1, -0.05) is 285 Å². The van der Waals surface area contributed by atoms with Crippen LogP contribution in [-0.2, 0) is 28.6 Å². The molecule has 0 saturated heterocycles. The molecule has 0 N–H and O–H groups in total. The van der Waals surface area contributed by atoms with E-state index in [0.29, 0.717) is 19.3 Å². The molecule has 0 saturated carbocycles. The van der Waals surface area contributed by atoms with E-state index in [1.807, 2.05) is 0 Å². The zero-order valence-electron chi connectivity index (χ0n) is 43.9. The Hall–Kier alpha value is -1.59. The fraction of sp³-hybridized carbons (Fsp3) is 0.948. The van der Waals surface area contributed by atoms with E-state index in [0.717, 1.165) is 69.6 Å². The number of rotatable bonds is 52. The van der Waals surface area contributed by atoms with E-state index in [-0.39, 0.29) is 31.1 Å². The Bertz CT molecular complexity index is 978. The molecule has 380 valence electrons. The van der Waals surface area contributed by atoms with Crippen LogP contribution in [0.25, 0.3) is 0 Å². The van der Waals surface area contributed by atoms with Gasteiger partial charge in [-0.15, -0.1) is 0 Å². The van der Waals surface area contributed by atoms with Crippen molar-refractivity contribution < 1.29 is 28.6 Å². The van der Waals surface area contributed by atoms with E-state index >= 15 is 0 Å². The van der Waals surface area contributed by atoms with Gasteiger partial charge in [-0.2, -0.15) is 0 Å². The predicted octanol–water partition coefficient (Wildman–Crippen LogP) is 18.9. The first kappa shape index (κ1) is 62.4. The highest BCUT2D eigenvalue weighted by atomic mass is 16.6. The fourth-order valence-electron chi connectivity index (χ4n) is 8.87. The van der Waals surface area contributed by atoms with Crippen molar-refractivity contribution in [2.45, 2.75) is 330 Å². The summed E-state index contributed by atoms with van der Waals surface area (Å²) in [6.45, 7) is 11.4. The third kappa shape index (κ3) is 51.4. The van der Waals surface area contributed by atoms with Gasteiger partial charge in [0.25, 0.3) is 0 Å². The molecule has 6 nitrogen and oxygen atoms in total. The highest BCUT2D eigenvalue weighted by molar-refractivity contribution is 5.71. The molecule has 0 aliphatic rings. The lowest BCUT2D eigenvalue weighted by molar-refractivity contribution is -0.167. The van der Waals surface area contributed by atoms with Gasteiger partial charge in [0, 0.05) is 19.3 Å². The molecule has 0 aliphatic carbocycles. The monoisotopic (exact) mass is 905 g/mol. The second-order valence-electron chi connectivity index (χ2n) is 20.9. The maximum absolute atomic E-state index is 12.8. The molecule has 0 heterocycles. The standard InChI is InChI=1S/C58H112O6/c1-6-7-8-9-10-11-12-13-19-23-30-35-40-45-50-58(61)64-55(52-63-57(60)49-44-39-34-29-25-24-27-32-37-42-47-54(4)5)51-62-56(59)48-43-38-33-28-22-20-17-15-14-16-18-21-26-31-36-41-46-53(2)3/h53-55H,6-52H2,1-5H3/t55-/m0/s1. The normalized spacial score (nSPS) is 12.0. The molecule has 64 heavy (non-hydrogen) atoms. The Balaban J connectivity index is 4.27. The molecule has 0 aliphatic heterocycles. The molecule has 0 aromatic heterocycles. The van der Waals surface area contributed by atoms with Crippen LogP contribution in [0, 0.1) is 11.8 Å². The van der Waals surface area contributed by atoms with Crippen molar-refractivity contribution in [3.05, 3.63) is 0 Å². The molecular formula is C58H112O6. The van der Waals surface area contributed by atoms with E-state index < -0.39 is 6.10 Å². The zero-order valence-corrected chi connectivity index (χ0v) is 43.9. The molecule has 0 aromatic carbocycles. The fourth-order valence-corrected chi connectivity index (χ4v) is 8.87. The third-order valence-electron chi connectivity index (χ3n) is 13.2. The smallest absolute Gasteiger partial charge is 0.306 e. The van der Waals surface area contributed by atoms with Crippen molar-refractivity contribution in [3.63, 3.8) is 0 Å². The zero-order chi connectivity index (χ0) is 46.8. The SMILES string of the molecule is CCCCCCCCCCCCCCCCC(=O)O[C@@H](COC(=O)CCCCCCCCCCCCCCCCCCC(C)C)COC(=O)CCCCCCCCCCCCC(C)C. The number of unbranched alkanes of at least 4 members (excludes halogenated alkanes) is 37. The van der Waals surface area contributed by atoms with Gasteiger partial charge in [-0.05, 0) is 31.1 Å². The van der Waals surface area contributed by atoms with Gasteiger partial charge >= 0.3 is 17.9 Å². The Morgan fingerprint density at radius 2 is 0.516 bits per heavy atom. The van der Waals surface area contributed by atoms with Crippen molar-refractivity contribution in [1.29, 1.82) is 0 Å². The number of hydrogen-bond acceptors (Lipinski definition) is 6. The molecular weight excluding hydrogens is 793 g/mol. The van der Waals surface area contributed by atoms with Gasteiger partial charge in [0.05, 0.1) is 0 Å². The van der Waals surface area contributed by atoms with Gasteiger partial charge in [-0.3, -0.25) is 14.4 Å². The molecule has 6 heteroatoms.